The second-order valence-electron chi connectivity index (χ2n) is 4.26. The summed E-state index contributed by atoms with van der Waals surface area (Å²) in [6, 6.07) is 0. The van der Waals surface area contributed by atoms with Crippen molar-refractivity contribution in [1.82, 2.24) is 4.90 Å². The fourth-order valence-corrected chi connectivity index (χ4v) is 2.04. The van der Waals surface area contributed by atoms with E-state index < -0.39 is 0 Å². The van der Waals surface area contributed by atoms with Crippen LogP contribution < -0.4 is 0 Å². The highest BCUT2D eigenvalue weighted by molar-refractivity contribution is 6.62. The predicted molar refractivity (Wildman–Crippen MR) is 55.0 cm³/mol. The van der Waals surface area contributed by atoms with E-state index in [4.69, 9.17) is 11.6 Å². The van der Waals surface area contributed by atoms with Gasteiger partial charge in [-0.2, -0.15) is 0 Å². The van der Waals surface area contributed by atoms with E-state index in [1.807, 2.05) is 0 Å². The fourth-order valence-electron chi connectivity index (χ4n) is 1.97. The third-order valence-electron chi connectivity index (χ3n) is 2.97. The zero-order valence-corrected chi connectivity index (χ0v) is 9.18. The van der Waals surface area contributed by atoms with E-state index in [1.165, 1.54) is 25.7 Å². The van der Waals surface area contributed by atoms with Gasteiger partial charge in [-0.05, 0) is 36.3 Å². The normalized spacial score (nSPS) is 28.5. The summed E-state index contributed by atoms with van der Waals surface area (Å²) in [7, 11) is 1.77. The van der Waals surface area contributed by atoms with E-state index in [1.54, 1.807) is 11.9 Å². The Morgan fingerprint density at radius 3 is 2.38 bits per heavy atom. The number of carbonyl (C=O) groups excluding carboxylic acids is 1. The smallest absolute Gasteiger partial charge is 0.316 e. The number of nitrogens with zero attached hydrogens (tertiary/aromatic N) is 1. The number of hydrogen-bond acceptors (Lipinski definition) is 1. The molecule has 0 aromatic rings. The maximum absolute atomic E-state index is 10.8. The van der Waals surface area contributed by atoms with E-state index in [2.05, 4.69) is 6.92 Å². The van der Waals surface area contributed by atoms with Gasteiger partial charge in [0.1, 0.15) is 0 Å². The lowest BCUT2D eigenvalue weighted by Gasteiger charge is -2.28. The predicted octanol–water partition coefficient (Wildman–Crippen LogP) is 3.10. The van der Waals surface area contributed by atoms with E-state index in [0.29, 0.717) is 5.92 Å². The first kappa shape index (κ1) is 10.8. The van der Waals surface area contributed by atoms with Crippen LogP contribution in [0.3, 0.4) is 0 Å². The van der Waals surface area contributed by atoms with Crippen LogP contribution in [-0.2, 0) is 0 Å². The Morgan fingerprint density at radius 2 is 1.92 bits per heavy atom. The highest BCUT2D eigenvalue weighted by Gasteiger charge is 2.20. The maximum Gasteiger partial charge on any atom is 0.316 e. The van der Waals surface area contributed by atoms with Gasteiger partial charge in [-0.1, -0.05) is 19.8 Å². The molecule has 3 heteroatoms. The minimum Gasteiger partial charge on any atom is -0.332 e. The summed E-state index contributed by atoms with van der Waals surface area (Å²) in [6.07, 6.45) is 5.09. The van der Waals surface area contributed by atoms with Crippen molar-refractivity contribution in [2.45, 2.75) is 32.6 Å². The molecule has 1 amide bonds. The number of hydrogen-bond donors (Lipinski definition) is 0. The van der Waals surface area contributed by atoms with Crippen LogP contribution in [-0.4, -0.2) is 23.9 Å². The van der Waals surface area contributed by atoms with Crippen molar-refractivity contribution in [3.8, 4) is 0 Å². The highest BCUT2D eigenvalue weighted by Crippen LogP contribution is 2.28. The van der Waals surface area contributed by atoms with Gasteiger partial charge in [0.25, 0.3) is 0 Å². The molecule has 1 aliphatic carbocycles. The van der Waals surface area contributed by atoms with Crippen molar-refractivity contribution in [3.05, 3.63) is 0 Å². The van der Waals surface area contributed by atoms with Gasteiger partial charge in [-0.3, -0.25) is 4.79 Å². The standard InChI is InChI=1S/C10H18ClNO/c1-8-3-5-9(6-4-8)7-12(2)10(11)13/h8-9H,3-7H2,1-2H3. The number of rotatable bonds is 2. The summed E-state index contributed by atoms with van der Waals surface area (Å²) in [5.41, 5.74) is 0. The molecule has 1 saturated carbocycles. The second-order valence-corrected chi connectivity index (χ2v) is 4.58. The van der Waals surface area contributed by atoms with Crippen LogP contribution in [0.1, 0.15) is 32.6 Å². The molecule has 0 aliphatic heterocycles. The van der Waals surface area contributed by atoms with E-state index in [-0.39, 0.29) is 5.37 Å². The van der Waals surface area contributed by atoms with Crippen LogP contribution in [0.5, 0.6) is 0 Å². The van der Waals surface area contributed by atoms with Gasteiger partial charge in [0.05, 0.1) is 0 Å². The summed E-state index contributed by atoms with van der Waals surface area (Å²) < 4.78 is 0. The summed E-state index contributed by atoms with van der Waals surface area (Å²) in [5, 5.41) is -0.335. The number of amides is 1. The Morgan fingerprint density at radius 1 is 1.38 bits per heavy atom. The lowest BCUT2D eigenvalue weighted by Crippen LogP contribution is -2.29. The van der Waals surface area contributed by atoms with Crippen LogP contribution in [0.2, 0.25) is 0 Å². The first-order valence-corrected chi connectivity index (χ1v) is 5.38. The molecule has 0 radical (unpaired) electrons. The largest absolute Gasteiger partial charge is 0.332 e. The Kier molecular flexibility index (Phi) is 4.04. The summed E-state index contributed by atoms with van der Waals surface area (Å²) in [6.45, 7) is 3.13. The zero-order chi connectivity index (χ0) is 9.84. The van der Waals surface area contributed by atoms with Crippen molar-refractivity contribution in [3.63, 3.8) is 0 Å². The van der Waals surface area contributed by atoms with Gasteiger partial charge in [-0.25, -0.2) is 0 Å². The molecule has 76 valence electrons. The van der Waals surface area contributed by atoms with Crippen molar-refractivity contribution in [2.75, 3.05) is 13.6 Å². The minimum absolute atomic E-state index is 0.335. The minimum atomic E-state index is -0.335. The molecule has 0 aromatic heterocycles. The molecule has 1 rings (SSSR count). The van der Waals surface area contributed by atoms with Crippen LogP contribution in [0, 0.1) is 11.8 Å². The van der Waals surface area contributed by atoms with Gasteiger partial charge >= 0.3 is 5.37 Å². The molecule has 0 bridgehead atoms. The van der Waals surface area contributed by atoms with E-state index in [0.717, 1.165) is 12.5 Å². The van der Waals surface area contributed by atoms with E-state index >= 15 is 0 Å². The monoisotopic (exact) mass is 203 g/mol. The Balaban J connectivity index is 2.26. The van der Waals surface area contributed by atoms with Crippen molar-refractivity contribution in [1.29, 1.82) is 0 Å². The summed E-state index contributed by atoms with van der Waals surface area (Å²) in [5.74, 6) is 1.54. The van der Waals surface area contributed by atoms with Crippen molar-refractivity contribution in [2.24, 2.45) is 11.8 Å². The zero-order valence-electron chi connectivity index (χ0n) is 8.42. The molecule has 0 saturated heterocycles. The SMILES string of the molecule is CC1CCC(CN(C)C(=O)Cl)CC1. The van der Waals surface area contributed by atoms with E-state index in [9.17, 15) is 4.79 Å². The van der Waals surface area contributed by atoms with Crippen molar-refractivity contribution >= 4 is 17.0 Å². The first-order valence-electron chi connectivity index (χ1n) is 5.00. The molecule has 0 unspecified atom stereocenters. The van der Waals surface area contributed by atoms with Gasteiger partial charge in [-0.15, -0.1) is 0 Å². The van der Waals surface area contributed by atoms with Gasteiger partial charge in [0.2, 0.25) is 0 Å². The molecular weight excluding hydrogens is 186 g/mol. The first-order chi connectivity index (χ1) is 6.09. The van der Waals surface area contributed by atoms with Crippen LogP contribution in [0.15, 0.2) is 0 Å². The lowest BCUT2D eigenvalue weighted by molar-refractivity contribution is 0.204. The molecule has 13 heavy (non-hydrogen) atoms. The third-order valence-corrected chi connectivity index (χ3v) is 3.26. The maximum atomic E-state index is 10.8. The molecule has 1 fully saturated rings. The Labute approximate surface area is 85.2 Å². The summed E-state index contributed by atoms with van der Waals surface area (Å²) >= 11 is 5.36. The molecule has 2 nitrogen and oxygen atoms in total. The van der Waals surface area contributed by atoms with Gasteiger partial charge < -0.3 is 4.90 Å². The molecule has 0 N–H and O–H groups in total. The molecule has 0 spiro atoms. The highest BCUT2D eigenvalue weighted by atomic mass is 35.5. The topological polar surface area (TPSA) is 20.3 Å². The molecular formula is C10H18ClNO. The Hall–Kier alpha value is -0.240. The Bertz CT molecular complexity index is 176. The number of carbonyl (C=O) groups is 1. The third kappa shape index (κ3) is 3.55. The average molecular weight is 204 g/mol. The molecule has 0 heterocycles. The molecule has 1 aliphatic rings. The van der Waals surface area contributed by atoms with Crippen LogP contribution >= 0.6 is 11.6 Å². The summed E-state index contributed by atoms with van der Waals surface area (Å²) in [4.78, 5) is 12.4. The molecule has 0 aromatic carbocycles. The quantitative estimate of drug-likeness (QED) is 0.499. The fraction of sp³-hybridized carbons (Fsp3) is 0.900. The second kappa shape index (κ2) is 4.85. The average Bonchev–Trinajstić information content (AvgIpc) is 2.08. The van der Waals surface area contributed by atoms with Crippen LogP contribution in [0.25, 0.3) is 0 Å². The van der Waals surface area contributed by atoms with Crippen LogP contribution in [0.4, 0.5) is 4.79 Å². The van der Waals surface area contributed by atoms with Crippen molar-refractivity contribution < 1.29 is 4.79 Å². The van der Waals surface area contributed by atoms with Gasteiger partial charge in [0.15, 0.2) is 0 Å². The molecule has 0 atom stereocenters. The lowest BCUT2D eigenvalue weighted by atomic mass is 9.83. The number of halogens is 1. The van der Waals surface area contributed by atoms with Gasteiger partial charge in [0, 0.05) is 13.6 Å².